The largest absolute Gasteiger partial charge is 0.494 e. The quantitative estimate of drug-likeness (QED) is 0.204. The van der Waals surface area contributed by atoms with Gasteiger partial charge in [0.25, 0.3) is 0 Å². The number of nitrogen functional groups attached to an aromatic ring is 1. The molecule has 0 fully saturated rings. The normalized spacial score (nSPS) is 11.3. The monoisotopic (exact) mass is 209 g/mol. The molecule has 6 nitrogen and oxygen atoms in total. The van der Waals surface area contributed by atoms with Gasteiger partial charge in [-0.3, -0.25) is 5.01 Å². The number of hydrazine groups is 1. The molecule has 0 aromatic heterocycles. The van der Waals surface area contributed by atoms with Gasteiger partial charge in [0.1, 0.15) is 0 Å². The molecule has 6 N–H and O–H groups in total. The van der Waals surface area contributed by atoms with Gasteiger partial charge in [0, 0.05) is 7.05 Å². The molecule has 1 aromatic rings. The number of amidine groups is 1. The molecule has 0 saturated heterocycles. The van der Waals surface area contributed by atoms with Crippen molar-refractivity contribution in [1.29, 1.82) is 0 Å². The molecule has 0 heterocycles. The molecule has 15 heavy (non-hydrogen) atoms. The second-order valence-electron chi connectivity index (χ2n) is 2.99. The van der Waals surface area contributed by atoms with Gasteiger partial charge in [-0.1, -0.05) is 6.07 Å². The molecule has 0 radical (unpaired) electrons. The third-order valence-corrected chi connectivity index (χ3v) is 1.95. The molecule has 0 aliphatic heterocycles. The molecule has 1 aromatic carbocycles. The van der Waals surface area contributed by atoms with Crippen molar-refractivity contribution in [1.82, 2.24) is 5.01 Å². The number of nitrogens with zero attached hydrogens (tertiary/aromatic N) is 2. The Kier molecular flexibility index (Phi) is 3.35. The number of methoxy groups -OCH3 is 1. The zero-order valence-corrected chi connectivity index (χ0v) is 8.77. The van der Waals surface area contributed by atoms with Gasteiger partial charge in [-0.05, 0) is 12.1 Å². The van der Waals surface area contributed by atoms with Crippen molar-refractivity contribution >= 4 is 11.5 Å². The smallest absolute Gasteiger partial charge is 0.173 e. The van der Waals surface area contributed by atoms with Gasteiger partial charge in [-0.25, -0.2) is 5.84 Å². The summed E-state index contributed by atoms with van der Waals surface area (Å²) in [7, 11) is 3.16. The van der Waals surface area contributed by atoms with E-state index < -0.39 is 0 Å². The van der Waals surface area contributed by atoms with E-state index in [1.165, 1.54) is 12.1 Å². The van der Waals surface area contributed by atoms with Crippen molar-refractivity contribution in [2.45, 2.75) is 0 Å². The molecule has 1 rings (SSSR count). The number of hydrazone groups is 1. The standard InChI is InChI=1S/C9H15N5O/c1-14(12)9(13-11)6-4-3-5-7(10)8(6)15-2/h3-5H,10-12H2,1-2H3/b13-9-. The fourth-order valence-corrected chi connectivity index (χ4v) is 1.31. The number of anilines is 1. The number of para-hydroxylation sites is 1. The highest BCUT2D eigenvalue weighted by Gasteiger charge is 2.14. The number of nitrogens with two attached hydrogens (primary N) is 3. The van der Waals surface area contributed by atoms with Crippen LogP contribution in [0.2, 0.25) is 0 Å². The van der Waals surface area contributed by atoms with Crippen molar-refractivity contribution in [3.05, 3.63) is 23.8 Å². The average Bonchev–Trinajstić information content (AvgIpc) is 2.18. The molecular weight excluding hydrogens is 194 g/mol. The lowest BCUT2D eigenvalue weighted by Gasteiger charge is -2.17. The average molecular weight is 209 g/mol. The minimum Gasteiger partial charge on any atom is -0.494 e. The van der Waals surface area contributed by atoms with E-state index in [0.29, 0.717) is 22.8 Å². The van der Waals surface area contributed by atoms with E-state index in [0.717, 1.165) is 0 Å². The Morgan fingerprint density at radius 2 is 2.13 bits per heavy atom. The first-order valence-corrected chi connectivity index (χ1v) is 4.31. The Morgan fingerprint density at radius 3 is 2.60 bits per heavy atom. The minimum absolute atomic E-state index is 0.402. The third-order valence-electron chi connectivity index (χ3n) is 1.95. The van der Waals surface area contributed by atoms with Crippen LogP contribution in [-0.4, -0.2) is 25.0 Å². The van der Waals surface area contributed by atoms with E-state index in [9.17, 15) is 0 Å². The molecule has 0 saturated carbocycles. The third kappa shape index (κ3) is 2.10. The zero-order chi connectivity index (χ0) is 11.4. The number of hydrogen-bond acceptors (Lipinski definition) is 5. The molecule has 0 unspecified atom stereocenters. The highest BCUT2D eigenvalue weighted by molar-refractivity contribution is 6.01. The van der Waals surface area contributed by atoms with Crippen molar-refractivity contribution in [3.63, 3.8) is 0 Å². The first-order valence-electron chi connectivity index (χ1n) is 4.31. The summed E-state index contributed by atoms with van der Waals surface area (Å²) in [5.41, 5.74) is 6.91. The van der Waals surface area contributed by atoms with Crippen LogP contribution in [0, 0.1) is 0 Å². The zero-order valence-electron chi connectivity index (χ0n) is 8.77. The minimum atomic E-state index is 0.402. The molecule has 0 amide bonds. The fourth-order valence-electron chi connectivity index (χ4n) is 1.31. The van der Waals surface area contributed by atoms with E-state index in [4.69, 9.17) is 22.2 Å². The van der Waals surface area contributed by atoms with Crippen molar-refractivity contribution < 1.29 is 4.74 Å². The number of ether oxygens (including phenoxy) is 1. The molecule has 0 spiro atoms. The van der Waals surface area contributed by atoms with Crippen LogP contribution in [0.4, 0.5) is 5.69 Å². The van der Waals surface area contributed by atoms with Crippen LogP contribution >= 0.6 is 0 Å². The van der Waals surface area contributed by atoms with Crippen molar-refractivity contribution in [2.75, 3.05) is 19.9 Å². The predicted molar refractivity (Wildman–Crippen MR) is 60.1 cm³/mol. The van der Waals surface area contributed by atoms with Crippen LogP contribution < -0.4 is 22.2 Å². The maximum Gasteiger partial charge on any atom is 0.173 e. The molecule has 0 atom stereocenters. The molecule has 82 valence electrons. The Bertz CT molecular complexity index is 375. The van der Waals surface area contributed by atoms with E-state index >= 15 is 0 Å². The molecule has 6 heteroatoms. The van der Waals surface area contributed by atoms with Crippen LogP contribution in [0.5, 0.6) is 5.75 Å². The Hall–Kier alpha value is -1.95. The maximum atomic E-state index is 5.74. The lowest BCUT2D eigenvalue weighted by Crippen LogP contribution is -2.35. The Labute approximate surface area is 88.3 Å². The lowest BCUT2D eigenvalue weighted by molar-refractivity contribution is 0.414. The van der Waals surface area contributed by atoms with E-state index in [1.54, 1.807) is 25.2 Å². The summed E-state index contributed by atoms with van der Waals surface area (Å²) in [6, 6.07) is 5.29. The number of hydrogen-bond donors (Lipinski definition) is 3. The first kappa shape index (κ1) is 11.1. The first-order chi connectivity index (χ1) is 7.11. The van der Waals surface area contributed by atoms with Crippen LogP contribution in [0.25, 0.3) is 0 Å². The maximum absolute atomic E-state index is 5.74. The molecular formula is C9H15N5O. The highest BCUT2D eigenvalue weighted by atomic mass is 16.5. The molecule has 0 aliphatic carbocycles. The molecule has 0 aliphatic rings. The summed E-state index contributed by atoms with van der Waals surface area (Å²) in [5.74, 6) is 11.7. The topological polar surface area (TPSA) is 103 Å². The van der Waals surface area contributed by atoms with Gasteiger partial charge in [-0.15, -0.1) is 0 Å². The van der Waals surface area contributed by atoms with Gasteiger partial charge in [0.05, 0.1) is 18.4 Å². The lowest BCUT2D eigenvalue weighted by atomic mass is 10.1. The van der Waals surface area contributed by atoms with E-state index in [1.807, 2.05) is 0 Å². The van der Waals surface area contributed by atoms with Crippen LogP contribution in [0.1, 0.15) is 5.56 Å². The SMILES string of the molecule is COc1c(N)cccc1/C(=N/N)N(C)N. The van der Waals surface area contributed by atoms with Crippen LogP contribution in [-0.2, 0) is 0 Å². The van der Waals surface area contributed by atoms with Gasteiger partial charge in [-0.2, -0.15) is 5.10 Å². The second kappa shape index (κ2) is 4.52. The summed E-state index contributed by atoms with van der Waals surface area (Å²) in [4.78, 5) is 0. The summed E-state index contributed by atoms with van der Waals surface area (Å²) >= 11 is 0. The number of rotatable bonds is 2. The fraction of sp³-hybridized carbons (Fsp3) is 0.222. The van der Waals surface area contributed by atoms with Crippen LogP contribution in [0.15, 0.2) is 23.3 Å². The molecule has 0 bridgehead atoms. The van der Waals surface area contributed by atoms with Crippen molar-refractivity contribution in [2.24, 2.45) is 16.8 Å². The van der Waals surface area contributed by atoms with Crippen molar-refractivity contribution in [3.8, 4) is 5.75 Å². The van der Waals surface area contributed by atoms with Gasteiger partial charge in [0.15, 0.2) is 11.6 Å². The second-order valence-corrected chi connectivity index (χ2v) is 2.99. The van der Waals surface area contributed by atoms with Crippen LogP contribution in [0.3, 0.4) is 0 Å². The van der Waals surface area contributed by atoms with Gasteiger partial charge < -0.3 is 16.3 Å². The van der Waals surface area contributed by atoms with E-state index in [2.05, 4.69) is 5.10 Å². The highest BCUT2D eigenvalue weighted by Crippen LogP contribution is 2.26. The van der Waals surface area contributed by atoms with Gasteiger partial charge in [0.2, 0.25) is 0 Å². The summed E-state index contributed by atoms with van der Waals surface area (Å²) < 4.78 is 5.17. The number of benzene rings is 1. The summed E-state index contributed by atoms with van der Waals surface area (Å²) in [6.07, 6.45) is 0. The Balaban J connectivity index is 3.30. The summed E-state index contributed by atoms with van der Waals surface area (Å²) in [5, 5.41) is 4.89. The Morgan fingerprint density at radius 1 is 1.47 bits per heavy atom. The van der Waals surface area contributed by atoms with E-state index in [-0.39, 0.29) is 0 Å². The predicted octanol–water partition coefficient (Wildman–Crippen LogP) is -0.297. The van der Waals surface area contributed by atoms with Gasteiger partial charge >= 0.3 is 0 Å². The summed E-state index contributed by atoms with van der Waals surface area (Å²) in [6.45, 7) is 0.